The zero-order valence-corrected chi connectivity index (χ0v) is 11.9. The number of esters is 1. The van der Waals surface area contributed by atoms with Crippen molar-refractivity contribution >= 4 is 17.9 Å². The molecule has 1 unspecified atom stereocenters. The maximum atomic E-state index is 12.0. The molecule has 1 rings (SSSR count). The van der Waals surface area contributed by atoms with E-state index in [0.29, 0.717) is 0 Å². The van der Waals surface area contributed by atoms with Gasteiger partial charge < -0.3 is 14.6 Å². The molecule has 0 fully saturated rings. The second-order valence-electron chi connectivity index (χ2n) is 3.90. The standard InChI is InChI=1S/C15H16N2O4/c1-4-11(3)21-15(19)12-8-6-7-9-13(12)17-16-10-14(18)20-5-2/h4,6-9,11H,1,5H2,2-3H3. The van der Waals surface area contributed by atoms with E-state index >= 15 is 0 Å². The molecule has 0 aliphatic heterocycles. The highest BCUT2D eigenvalue weighted by atomic mass is 16.6. The predicted octanol–water partition coefficient (Wildman–Crippen LogP) is 1.14. The molecule has 0 N–H and O–H groups in total. The van der Waals surface area contributed by atoms with Gasteiger partial charge in [-0.3, -0.25) is 0 Å². The molecule has 6 nitrogen and oxygen atoms in total. The molecule has 1 aliphatic carbocycles. The van der Waals surface area contributed by atoms with Crippen LogP contribution in [0.1, 0.15) is 13.8 Å². The van der Waals surface area contributed by atoms with Gasteiger partial charge in [-0.15, -0.1) is 6.58 Å². The highest BCUT2D eigenvalue weighted by Crippen LogP contribution is 2.13. The van der Waals surface area contributed by atoms with Gasteiger partial charge in [-0.1, -0.05) is 29.4 Å². The first kappa shape index (κ1) is 16.3. The van der Waals surface area contributed by atoms with Gasteiger partial charge in [-0.05, 0) is 19.9 Å². The number of allylic oxidation sites excluding steroid dienone is 5. The van der Waals surface area contributed by atoms with Crippen LogP contribution in [0.4, 0.5) is 0 Å². The molecule has 1 atom stereocenters. The molecule has 1 aliphatic rings. The molecule has 0 amide bonds. The van der Waals surface area contributed by atoms with Gasteiger partial charge in [0.05, 0.1) is 18.3 Å². The first-order valence-electron chi connectivity index (χ1n) is 6.34. The molecule has 110 valence electrons. The van der Waals surface area contributed by atoms with Gasteiger partial charge in [0.1, 0.15) is 5.10 Å². The number of carbonyl (C=O) groups is 1. The Morgan fingerprint density at radius 1 is 1.52 bits per heavy atom. The van der Waals surface area contributed by atoms with E-state index in [2.05, 4.69) is 27.7 Å². The Balaban J connectivity index is 2.90. The van der Waals surface area contributed by atoms with Crippen molar-refractivity contribution in [1.82, 2.24) is 0 Å². The Hall–Kier alpha value is -2.72. The van der Waals surface area contributed by atoms with Crippen molar-refractivity contribution in [2.24, 2.45) is 10.2 Å². The first-order valence-corrected chi connectivity index (χ1v) is 6.34. The summed E-state index contributed by atoms with van der Waals surface area (Å²) >= 11 is 0. The number of hydrogen-bond acceptors (Lipinski definition) is 6. The van der Waals surface area contributed by atoms with Gasteiger partial charge in [0.25, 0.3) is 0 Å². The summed E-state index contributed by atoms with van der Waals surface area (Å²) < 4.78 is 9.74. The van der Waals surface area contributed by atoms with Crippen LogP contribution in [0.2, 0.25) is 0 Å². The zero-order valence-electron chi connectivity index (χ0n) is 11.9. The number of rotatable bonds is 6. The van der Waals surface area contributed by atoms with E-state index in [0.717, 1.165) is 0 Å². The smallest absolute Gasteiger partial charge is 0.606 e. The molecule has 0 bridgehead atoms. The lowest BCUT2D eigenvalue weighted by Gasteiger charge is -2.23. The van der Waals surface area contributed by atoms with Crippen molar-refractivity contribution in [3.8, 4) is 0 Å². The van der Waals surface area contributed by atoms with Crippen LogP contribution in [-0.4, -0.2) is 30.6 Å². The van der Waals surface area contributed by atoms with Crippen LogP contribution >= 0.6 is 0 Å². The van der Waals surface area contributed by atoms with E-state index in [9.17, 15) is 9.90 Å². The van der Waals surface area contributed by atoms with Crippen molar-refractivity contribution in [3.05, 3.63) is 48.5 Å². The third-order valence-electron chi connectivity index (χ3n) is 2.32. The van der Waals surface area contributed by atoms with Crippen molar-refractivity contribution in [2.45, 2.75) is 20.0 Å². The maximum Gasteiger partial charge on any atom is 0.619 e. The predicted molar refractivity (Wildman–Crippen MR) is 77.6 cm³/mol. The normalized spacial score (nSPS) is 19.2. The summed E-state index contributed by atoms with van der Waals surface area (Å²) in [6.07, 6.45) is 9.65. The minimum atomic E-state index is -0.721. The fourth-order valence-electron chi connectivity index (χ4n) is 1.30. The van der Waals surface area contributed by atoms with Crippen molar-refractivity contribution in [1.29, 1.82) is 0 Å². The summed E-state index contributed by atoms with van der Waals surface area (Å²) in [5, 5.41) is 19.2. The SMILES string of the molecule is C=CC(C)O/C([O-])=C1/C=CC=C/C1=N\N=[C+]C(=O)OCC. The Labute approximate surface area is 123 Å². The van der Waals surface area contributed by atoms with Gasteiger partial charge in [0.2, 0.25) is 0 Å². The van der Waals surface area contributed by atoms with E-state index in [4.69, 9.17) is 4.74 Å². The number of ether oxygens (including phenoxy) is 2. The van der Waals surface area contributed by atoms with Gasteiger partial charge in [0, 0.05) is 11.7 Å². The quantitative estimate of drug-likeness (QED) is 0.183. The maximum absolute atomic E-state index is 12.0. The van der Waals surface area contributed by atoms with E-state index in [1.165, 1.54) is 6.08 Å². The van der Waals surface area contributed by atoms with Gasteiger partial charge in [-0.2, -0.15) is 4.79 Å². The van der Waals surface area contributed by atoms with E-state index in [1.54, 1.807) is 38.2 Å². The van der Waals surface area contributed by atoms with Crippen LogP contribution in [0, 0.1) is 0 Å². The fraction of sp³-hybridized carbons (Fsp3) is 0.267. The molecule has 0 aromatic rings. The topological polar surface area (TPSA) is 83.3 Å². The van der Waals surface area contributed by atoms with Gasteiger partial charge in [-0.25, -0.2) is 0 Å². The Morgan fingerprint density at radius 2 is 2.24 bits per heavy atom. The van der Waals surface area contributed by atoms with Gasteiger partial charge >= 0.3 is 12.2 Å². The molecule has 0 spiro atoms. The van der Waals surface area contributed by atoms with E-state index in [1.807, 2.05) is 0 Å². The molecule has 0 aromatic carbocycles. The zero-order chi connectivity index (χ0) is 15.7. The Kier molecular flexibility index (Phi) is 6.57. The summed E-state index contributed by atoms with van der Waals surface area (Å²) in [4.78, 5) is 11.0. The Morgan fingerprint density at radius 3 is 2.90 bits per heavy atom. The largest absolute Gasteiger partial charge is 0.619 e. The molecule has 0 aromatic heterocycles. The lowest BCUT2D eigenvalue weighted by molar-refractivity contribution is -0.361. The molecule has 0 heterocycles. The van der Waals surface area contributed by atoms with Crippen LogP contribution in [0.3, 0.4) is 0 Å². The summed E-state index contributed by atoms with van der Waals surface area (Å²) in [5.41, 5.74) is 0.510. The third kappa shape index (κ3) is 5.42. The van der Waals surface area contributed by atoms with Crippen molar-refractivity contribution < 1.29 is 19.4 Å². The van der Waals surface area contributed by atoms with Crippen LogP contribution in [0.15, 0.2) is 58.7 Å². The van der Waals surface area contributed by atoms with E-state index < -0.39 is 18.0 Å². The van der Waals surface area contributed by atoms with Crippen molar-refractivity contribution in [3.63, 3.8) is 0 Å². The summed E-state index contributed by atoms with van der Waals surface area (Å²) in [5.74, 6) is -1.27. The lowest BCUT2D eigenvalue weighted by Crippen LogP contribution is -2.19. The number of nitrogens with zero attached hydrogens (tertiary/aromatic N) is 2. The third-order valence-corrected chi connectivity index (χ3v) is 2.32. The van der Waals surface area contributed by atoms with Crippen LogP contribution in [0.5, 0.6) is 0 Å². The molecule has 0 radical (unpaired) electrons. The molecule has 0 saturated carbocycles. The highest BCUT2D eigenvalue weighted by Gasteiger charge is 2.16. The minimum absolute atomic E-state index is 0.226. The van der Waals surface area contributed by atoms with Crippen molar-refractivity contribution in [2.75, 3.05) is 6.61 Å². The van der Waals surface area contributed by atoms with Crippen LogP contribution < -0.4 is 5.11 Å². The molecular formula is C15H16N2O4. The van der Waals surface area contributed by atoms with E-state index in [-0.39, 0.29) is 17.9 Å². The molecule has 6 heteroatoms. The average Bonchev–Trinajstić information content (AvgIpc) is 2.47. The fourth-order valence-corrected chi connectivity index (χ4v) is 1.30. The Bertz CT molecular complexity index is 542. The second kappa shape index (κ2) is 8.45. The molecular weight excluding hydrogens is 272 g/mol. The van der Waals surface area contributed by atoms with Crippen LogP contribution in [-0.2, 0) is 14.3 Å². The average molecular weight is 288 g/mol. The second-order valence-corrected chi connectivity index (χ2v) is 3.90. The minimum Gasteiger partial charge on any atom is -0.606 e. The summed E-state index contributed by atoms with van der Waals surface area (Å²) in [7, 11) is 0. The lowest BCUT2D eigenvalue weighted by atomic mass is 10.1. The number of carbonyl (C=O) groups excluding carboxylic acids is 1. The highest BCUT2D eigenvalue weighted by molar-refractivity contribution is 6.23. The summed E-state index contributed by atoms with van der Waals surface area (Å²) in [6, 6.07) is 0. The monoisotopic (exact) mass is 288 g/mol. The van der Waals surface area contributed by atoms with Crippen LogP contribution in [0.25, 0.3) is 0 Å². The first-order chi connectivity index (χ1) is 10.1. The summed E-state index contributed by atoms with van der Waals surface area (Å²) in [6.45, 7) is 7.12. The number of hydrogen-bond donors (Lipinski definition) is 0. The molecule has 21 heavy (non-hydrogen) atoms. The van der Waals surface area contributed by atoms with Gasteiger partial charge in [0.15, 0.2) is 0 Å². The molecule has 0 saturated heterocycles.